The number of fused-ring (bicyclic) bond motifs is 1. The highest BCUT2D eigenvalue weighted by atomic mass is 16.6. The predicted molar refractivity (Wildman–Crippen MR) is 135 cm³/mol. The van der Waals surface area contributed by atoms with Crippen LogP contribution >= 0.6 is 0 Å². The third-order valence-electron chi connectivity index (χ3n) is 5.65. The fraction of sp³-hybridized carbons (Fsp3) is 0.273. The maximum Gasteiger partial charge on any atom is 0.318 e. The Balaban J connectivity index is 2.06. The van der Waals surface area contributed by atoms with Crippen LogP contribution in [-0.2, 0) is 0 Å². The van der Waals surface area contributed by atoms with Crippen molar-refractivity contribution in [1.82, 2.24) is 5.01 Å². The average molecular weight is 543 g/mol. The van der Waals surface area contributed by atoms with Gasteiger partial charge in [-0.3, -0.25) is 29.8 Å². The van der Waals surface area contributed by atoms with E-state index < -0.39 is 38.5 Å². The summed E-state index contributed by atoms with van der Waals surface area (Å²) in [6.07, 6.45) is 2.21. The van der Waals surface area contributed by atoms with E-state index in [4.69, 9.17) is 16.2 Å². The van der Waals surface area contributed by atoms with Gasteiger partial charge in [0.1, 0.15) is 11.4 Å². The maximum absolute atomic E-state index is 12.2. The van der Waals surface area contributed by atoms with Crippen molar-refractivity contribution in [3.05, 3.63) is 84.3 Å². The van der Waals surface area contributed by atoms with Crippen LogP contribution in [0.4, 0.5) is 17.1 Å². The second-order valence-electron chi connectivity index (χ2n) is 8.05. The fourth-order valence-electron chi connectivity index (χ4n) is 3.86. The summed E-state index contributed by atoms with van der Waals surface area (Å²) in [4.78, 5) is 47.4. The van der Waals surface area contributed by atoms with Gasteiger partial charge in [0.15, 0.2) is 11.6 Å². The van der Waals surface area contributed by atoms with E-state index in [1.165, 1.54) is 23.1 Å². The molecule has 0 amide bonds. The van der Waals surface area contributed by atoms with Crippen molar-refractivity contribution in [2.45, 2.75) is 0 Å². The number of rotatable bonds is 13. The van der Waals surface area contributed by atoms with Crippen LogP contribution in [-0.4, -0.2) is 70.7 Å². The van der Waals surface area contributed by atoms with Crippen molar-refractivity contribution in [3.63, 3.8) is 0 Å². The number of nitrogens with two attached hydrogens (primary N) is 2. The van der Waals surface area contributed by atoms with Crippen molar-refractivity contribution in [2.75, 3.05) is 44.2 Å². The Morgan fingerprint density at radius 3 is 2.05 bits per heavy atom. The molecule has 1 aliphatic carbocycles. The van der Waals surface area contributed by atoms with Crippen LogP contribution in [0.1, 0.15) is 20.7 Å². The van der Waals surface area contributed by atoms with Crippen LogP contribution in [0.2, 0.25) is 0 Å². The SMILES string of the molecule is NCCN(CCN(CCN)/[N+]([O-])=N\[O-])c1cc(Oc2ccc3c(c2)C(=O)C=CC3=O)c([N+](=O)[O-])cc1[N+](=O)[O-]. The Hall–Kier alpha value is -5.16. The van der Waals surface area contributed by atoms with E-state index in [1.54, 1.807) is 0 Å². The van der Waals surface area contributed by atoms with Gasteiger partial charge in [0.25, 0.3) is 5.69 Å². The highest BCUT2D eigenvalue weighted by molar-refractivity contribution is 6.22. The lowest BCUT2D eigenvalue weighted by Crippen LogP contribution is -2.42. The topological polar surface area (TPSA) is 250 Å². The van der Waals surface area contributed by atoms with Crippen LogP contribution in [0.3, 0.4) is 0 Å². The summed E-state index contributed by atoms with van der Waals surface area (Å²) in [6.45, 7) is -0.258. The lowest BCUT2D eigenvalue weighted by molar-refractivity contribution is -0.689. The number of nitro groups is 2. The molecule has 0 bridgehead atoms. The highest BCUT2D eigenvalue weighted by Gasteiger charge is 2.30. The minimum atomic E-state index is -0.872. The van der Waals surface area contributed by atoms with Crippen molar-refractivity contribution >= 4 is 28.6 Å². The number of ketones is 2. The molecule has 2 aromatic carbocycles. The minimum Gasteiger partial charge on any atom is -0.737 e. The second kappa shape index (κ2) is 12.4. The van der Waals surface area contributed by atoms with Gasteiger partial charge in [-0.1, -0.05) is 0 Å². The molecule has 0 saturated heterocycles. The Morgan fingerprint density at radius 1 is 0.821 bits per heavy atom. The van der Waals surface area contributed by atoms with E-state index in [1.807, 2.05) is 0 Å². The molecule has 17 heteroatoms. The molecule has 0 atom stereocenters. The number of anilines is 1. The number of nitrogens with zero attached hydrogens (tertiary/aromatic N) is 6. The number of hydrazine groups is 1. The molecule has 0 fully saturated rings. The zero-order chi connectivity index (χ0) is 28.7. The van der Waals surface area contributed by atoms with Gasteiger partial charge in [0.05, 0.1) is 29.0 Å². The zero-order valence-corrected chi connectivity index (χ0v) is 20.3. The average Bonchev–Trinajstić information content (AvgIpc) is 2.91. The molecule has 17 nitrogen and oxygen atoms in total. The molecule has 39 heavy (non-hydrogen) atoms. The number of hydrogen-bond donors (Lipinski definition) is 2. The number of ether oxygens (including phenoxy) is 1. The monoisotopic (exact) mass is 543 g/mol. The smallest absolute Gasteiger partial charge is 0.318 e. The molecule has 0 spiro atoms. The standard InChI is InChI=1S/C22H24N8O9/c23-5-7-26(9-10-27(8-6-24)30(38)25-33)17-13-22(19(29(36)37)12-18(17)28(34)35)39-14-1-2-15-16(11-14)21(32)4-3-20(15)31/h1-4,11-13,33H,5-10,23-24H2/p-1/b30-25+. The zero-order valence-electron chi connectivity index (χ0n) is 20.3. The first-order valence-corrected chi connectivity index (χ1v) is 11.4. The molecule has 0 unspecified atom stereocenters. The maximum atomic E-state index is 12.2. The summed E-state index contributed by atoms with van der Waals surface area (Å²) in [6, 6.07) is 5.68. The van der Waals surface area contributed by atoms with Crippen LogP contribution < -0.4 is 21.1 Å². The Bertz CT molecular complexity index is 1360. The molecule has 1 aliphatic rings. The van der Waals surface area contributed by atoms with Crippen LogP contribution in [0, 0.1) is 30.6 Å². The van der Waals surface area contributed by atoms with Crippen LogP contribution in [0.15, 0.2) is 47.8 Å². The van der Waals surface area contributed by atoms with Gasteiger partial charge in [-0.05, 0) is 35.6 Å². The molecule has 2 aromatic rings. The molecule has 3 rings (SSSR count). The van der Waals surface area contributed by atoms with Crippen molar-refractivity contribution in [2.24, 2.45) is 16.7 Å². The molecule has 4 N–H and O–H groups in total. The van der Waals surface area contributed by atoms with Crippen LogP contribution in [0.5, 0.6) is 11.5 Å². The molecule has 0 saturated carbocycles. The Labute approximate surface area is 220 Å². The first-order valence-electron chi connectivity index (χ1n) is 11.4. The summed E-state index contributed by atoms with van der Waals surface area (Å²) >= 11 is 0. The first-order chi connectivity index (χ1) is 18.6. The molecule has 206 valence electrons. The lowest BCUT2D eigenvalue weighted by atomic mass is 9.95. The van der Waals surface area contributed by atoms with E-state index in [0.29, 0.717) is 6.07 Å². The fourth-order valence-corrected chi connectivity index (χ4v) is 3.86. The van der Waals surface area contributed by atoms with Gasteiger partial charge in [0, 0.05) is 48.3 Å². The third-order valence-corrected chi connectivity index (χ3v) is 5.65. The second-order valence-corrected chi connectivity index (χ2v) is 8.05. The van der Waals surface area contributed by atoms with Gasteiger partial charge in [0.2, 0.25) is 5.75 Å². The predicted octanol–water partition coefficient (Wildman–Crippen LogP) is 1.63. The molecule has 0 aromatic heterocycles. The van der Waals surface area contributed by atoms with Gasteiger partial charge in [-0.25, -0.2) is 0 Å². The normalized spacial score (nSPS) is 12.7. The summed E-state index contributed by atoms with van der Waals surface area (Å²) in [5, 5.41) is 49.3. The largest absolute Gasteiger partial charge is 0.737 e. The van der Waals surface area contributed by atoms with Crippen molar-refractivity contribution < 1.29 is 29.1 Å². The van der Waals surface area contributed by atoms with E-state index in [-0.39, 0.29) is 66.8 Å². The van der Waals surface area contributed by atoms with E-state index in [0.717, 1.165) is 23.2 Å². The Kier molecular flexibility index (Phi) is 9.03. The van der Waals surface area contributed by atoms with E-state index in [9.17, 15) is 40.2 Å². The molecule has 0 radical (unpaired) electrons. The summed E-state index contributed by atoms with van der Waals surface area (Å²) in [5.41, 5.74) is 9.80. The number of nitro benzene ring substituents is 2. The Morgan fingerprint density at radius 2 is 1.46 bits per heavy atom. The third kappa shape index (κ3) is 6.40. The van der Waals surface area contributed by atoms with Gasteiger partial charge in [-0.2, -0.15) is 0 Å². The van der Waals surface area contributed by atoms with Gasteiger partial charge in [-0.15, -0.1) is 5.01 Å². The van der Waals surface area contributed by atoms with Crippen molar-refractivity contribution in [3.8, 4) is 11.5 Å². The number of carbonyl (C=O) groups excluding carboxylic acids is 2. The van der Waals surface area contributed by atoms with Gasteiger partial charge >= 0.3 is 5.69 Å². The number of allylic oxidation sites excluding steroid dienone is 2. The lowest BCUT2D eigenvalue weighted by Gasteiger charge is -2.27. The highest BCUT2D eigenvalue weighted by Crippen LogP contribution is 2.41. The minimum absolute atomic E-state index is 0.00270. The number of benzene rings is 2. The number of hydrogen-bond acceptors (Lipinski definition) is 13. The summed E-state index contributed by atoms with van der Waals surface area (Å²) < 4.78 is 5.69. The van der Waals surface area contributed by atoms with Crippen molar-refractivity contribution in [1.29, 1.82) is 0 Å². The summed E-state index contributed by atoms with van der Waals surface area (Å²) in [7, 11) is 0. The molecular weight excluding hydrogens is 520 g/mol. The number of carbonyl (C=O) groups is 2. The molecule has 0 aliphatic heterocycles. The first kappa shape index (κ1) is 28.4. The molecular formula is C22H23N8O9-. The van der Waals surface area contributed by atoms with Crippen LogP contribution in [0.25, 0.3) is 0 Å². The molecule has 0 heterocycles. The van der Waals surface area contributed by atoms with E-state index >= 15 is 0 Å². The van der Waals surface area contributed by atoms with Gasteiger partial charge < -0.3 is 31.5 Å². The van der Waals surface area contributed by atoms with E-state index in [2.05, 4.69) is 5.28 Å². The quantitative estimate of drug-likeness (QED) is 0.158. The summed E-state index contributed by atoms with van der Waals surface area (Å²) in [5.74, 6) is -1.30.